The molecular formula is C29H17ClF8N4O7. The van der Waals surface area contributed by atoms with Crippen LogP contribution in [0.25, 0.3) is 22.4 Å². The largest absolute Gasteiger partial charge is 0.573 e. The zero-order valence-electron chi connectivity index (χ0n) is 24.1. The van der Waals surface area contributed by atoms with E-state index in [1.165, 1.54) is 18.2 Å². The SMILES string of the molecule is CC(F)(F)CN1C(=O)c2[nH]nc(-c3cccc4[nH]c(=O)oc34)c2C1Oc1ccc(Oc2ccc(OC(F)(F)F)c(Cl)c2)c(OC(F)(F)F)c1. The molecule has 0 fully saturated rings. The molecule has 6 rings (SSSR count). The van der Waals surface area contributed by atoms with Crippen LogP contribution in [0.4, 0.5) is 35.1 Å². The van der Waals surface area contributed by atoms with Crippen molar-refractivity contribution in [1.82, 2.24) is 20.1 Å². The van der Waals surface area contributed by atoms with Crippen molar-refractivity contribution in [1.29, 1.82) is 0 Å². The highest BCUT2D eigenvalue weighted by atomic mass is 35.5. The molecule has 5 aromatic rings. The summed E-state index contributed by atoms with van der Waals surface area (Å²) in [6.45, 7) is -0.655. The number of fused-ring (bicyclic) bond motifs is 2. The number of nitrogens with one attached hydrogen (secondary N) is 2. The highest BCUT2D eigenvalue weighted by Crippen LogP contribution is 2.45. The van der Waals surface area contributed by atoms with Crippen molar-refractivity contribution in [2.45, 2.75) is 31.8 Å². The van der Waals surface area contributed by atoms with E-state index in [-0.39, 0.29) is 39.4 Å². The van der Waals surface area contributed by atoms with Crippen molar-refractivity contribution in [2.75, 3.05) is 6.54 Å². The smallest absolute Gasteiger partial charge is 0.466 e. The van der Waals surface area contributed by atoms with Gasteiger partial charge in [-0.3, -0.25) is 19.8 Å². The molecule has 0 saturated carbocycles. The molecule has 11 nitrogen and oxygen atoms in total. The summed E-state index contributed by atoms with van der Waals surface area (Å²) in [5.41, 5.74) is -0.0278. The summed E-state index contributed by atoms with van der Waals surface area (Å²) in [5.74, 6) is -8.49. The van der Waals surface area contributed by atoms with Crippen LogP contribution in [0.1, 0.15) is 29.2 Å². The minimum absolute atomic E-state index is 0.00717. The number of amides is 1. The first kappa shape index (κ1) is 33.4. The van der Waals surface area contributed by atoms with Crippen LogP contribution in [0.15, 0.2) is 63.8 Å². The predicted molar refractivity (Wildman–Crippen MR) is 151 cm³/mol. The van der Waals surface area contributed by atoms with Crippen molar-refractivity contribution < 1.29 is 63.3 Å². The average Bonchev–Trinajstić information content (AvgIpc) is 3.64. The molecule has 3 aromatic carbocycles. The molecule has 3 heterocycles. The number of carbonyl (C=O) groups is 1. The van der Waals surface area contributed by atoms with E-state index < -0.39 is 71.1 Å². The van der Waals surface area contributed by atoms with Crippen molar-refractivity contribution in [3.8, 4) is 40.0 Å². The Bertz CT molecular complexity index is 2120. The predicted octanol–water partition coefficient (Wildman–Crippen LogP) is 7.94. The second-order valence-electron chi connectivity index (χ2n) is 10.4. The maximum absolute atomic E-state index is 14.3. The number of carbonyl (C=O) groups excluding carboxylic acids is 1. The highest BCUT2D eigenvalue weighted by molar-refractivity contribution is 6.32. The molecule has 1 amide bonds. The molecule has 20 heteroatoms. The van der Waals surface area contributed by atoms with Gasteiger partial charge in [0, 0.05) is 24.6 Å². The van der Waals surface area contributed by atoms with Gasteiger partial charge in [-0.05, 0) is 36.4 Å². The number of oxazole rings is 1. The first-order valence-corrected chi connectivity index (χ1v) is 13.9. The number of para-hydroxylation sites is 1. The maximum Gasteiger partial charge on any atom is 0.573 e. The molecule has 2 N–H and O–H groups in total. The summed E-state index contributed by atoms with van der Waals surface area (Å²) in [4.78, 5) is 28.3. The molecule has 0 saturated heterocycles. The number of hydrogen-bond donors (Lipinski definition) is 2. The third kappa shape index (κ3) is 7.20. The van der Waals surface area contributed by atoms with Crippen LogP contribution < -0.4 is 24.7 Å². The normalized spacial score (nSPS) is 15.1. The van der Waals surface area contributed by atoms with Crippen molar-refractivity contribution >= 4 is 28.6 Å². The third-order valence-electron chi connectivity index (χ3n) is 6.70. The fourth-order valence-corrected chi connectivity index (χ4v) is 5.17. The van der Waals surface area contributed by atoms with Gasteiger partial charge in [0.1, 0.15) is 28.6 Å². The van der Waals surface area contributed by atoms with Gasteiger partial charge >= 0.3 is 18.5 Å². The number of hydrogen-bond acceptors (Lipinski definition) is 8. The monoisotopic (exact) mass is 720 g/mol. The van der Waals surface area contributed by atoms with Crippen LogP contribution in [0.3, 0.4) is 0 Å². The Balaban J connectivity index is 1.38. The number of ether oxygens (including phenoxy) is 4. The molecule has 49 heavy (non-hydrogen) atoms. The number of rotatable bonds is 9. The Kier molecular flexibility index (Phi) is 8.12. The van der Waals surface area contributed by atoms with Gasteiger partial charge in [-0.25, -0.2) is 13.6 Å². The van der Waals surface area contributed by atoms with Crippen molar-refractivity contribution in [2.24, 2.45) is 0 Å². The van der Waals surface area contributed by atoms with Gasteiger partial charge in [-0.2, -0.15) is 5.10 Å². The van der Waals surface area contributed by atoms with E-state index in [0.717, 1.165) is 30.3 Å². The molecule has 1 aliphatic rings. The summed E-state index contributed by atoms with van der Waals surface area (Å²) < 4.78 is 131. The Morgan fingerprint density at radius 1 is 0.898 bits per heavy atom. The minimum atomic E-state index is -5.30. The Morgan fingerprint density at radius 3 is 2.24 bits per heavy atom. The summed E-state index contributed by atoms with van der Waals surface area (Å²) in [6.07, 6.45) is -12.1. The van der Waals surface area contributed by atoms with Crippen LogP contribution in [0.2, 0.25) is 5.02 Å². The number of halogens is 9. The Labute approximate surface area is 271 Å². The molecule has 0 bridgehead atoms. The van der Waals surface area contributed by atoms with Gasteiger partial charge in [0.25, 0.3) is 11.8 Å². The van der Waals surface area contributed by atoms with Gasteiger partial charge < -0.3 is 23.4 Å². The number of H-pyrrole nitrogens is 2. The number of alkyl halides is 8. The number of nitrogens with zero attached hydrogens (tertiary/aromatic N) is 2. The average molecular weight is 721 g/mol. The summed E-state index contributed by atoms with van der Waals surface area (Å²) in [7, 11) is 0. The van der Waals surface area contributed by atoms with Gasteiger partial charge in [0.15, 0.2) is 17.1 Å². The number of aromatic amines is 2. The molecule has 0 spiro atoms. The lowest BCUT2D eigenvalue weighted by molar-refractivity contribution is -0.275. The van der Waals surface area contributed by atoms with Crippen LogP contribution in [0, 0.1) is 0 Å². The molecule has 1 unspecified atom stereocenters. The highest BCUT2D eigenvalue weighted by Gasteiger charge is 2.46. The van der Waals surface area contributed by atoms with Crippen molar-refractivity contribution in [3.63, 3.8) is 0 Å². The first-order valence-electron chi connectivity index (χ1n) is 13.5. The molecule has 0 aliphatic carbocycles. The first-order chi connectivity index (χ1) is 22.8. The van der Waals surface area contributed by atoms with E-state index >= 15 is 0 Å². The second-order valence-corrected chi connectivity index (χ2v) is 10.8. The standard InChI is InChI=1S/C29H17ClF8N4O7/c1-27(31,32)11-42-24(43)22-20(21(40-41-22)14-3-2-4-16-23(14)47-26(44)39-16)25(42)46-13-6-8-18(19(10-13)49-29(36,37)38)45-12-5-7-17(15(30)9-12)48-28(33,34)35/h2-10,25H,11H2,1H3,(H,39,44)(H,40,41). The number of benzene rings is 3. The lowest BCUT2D eigenvalue weighted by Gasteiger charge is -2.28. The van der Waals surface area contributed by atoms with Gasteiger partial charge in [0.05, 0.1) is 22.6 Å². The third-order valence-corrected chi connectivity index (χ3v) is 7.00. The zero-order valence-corrected chi connectivity index (χ0v) is 24.9. The summed E-state index contributed by atoms with van der Waals surface area (Å²) in [5, 5.41) is 5.98. The quantitative estimate of drug-likeness (QED) is 0.147. The van der Waals surface area contributed by atoms with Crippen LogP contribution >= 0.6 is 11.6 Å². The van der Waals surface area contributed by atoms with E-state index in [1.54, 1.807) is 0 Å². The Morgan fingerprint density at radius 2 is 1.57 bits per heavy atom. The molecule has 2 aromatic heterocycles. The topological polar surface area (TPSA) is 132 Å². The van der Waals surface area contributed by atoms with Gasteiger partial charge in [-0.15, -0.1) is 26.3 Å². The van der Waals surface area contributed by atoms with E-state index in [4.69, 9.17) is 25.5 Å². The van der Waals surface area contributed by atoms with Crippen molar-refractivity contribution in [3.05, 3.63) is 81.4 Å². The second kappa shape index (κ2) is 11.9. The molecular weight excluding hydrogens is 704 g/mol. The van der Waals surface area contributed by atoms with E-state index in [2.05, 4.69) is 24.7 Å². The number of aromatic nitrogens is 3. The lowest BCUT2D eigenvalue weighted by atomic mass is 10.0. The van der Waals surface area contributed by atoms with Crippen LogP contribution in [0.5, 0.6) is 28.7 Å². The van der Waals surface area contributed by atoms with Crippen LogP contribution in [-0.2, 0) is 0 Å². The van der Waals surface area contributed by atoms with Gasteiger partial charge in [-0.1, -0.05) is 17.7 Å². The van der Waals surface area contributed by atoms with Crippen LogP contribution in [-0.4, -0.2) is 51.2 Å². The molecule has 1 atom stereocenters. The zero-order chi connectivity index (χ0) is 35.5. The molecule has 1 aliphatic heterocycles. The summed E-state index contributed by atoms with van der Waals surface area (Å²) >= 11 is 5.81. The fraction of sp³-hybridized carbons (Fsp3) is 0.207. The van der Waals surface area contributed by atoms with Gasteiger partial charge in [0.2, 0.25) is 6.23 Å². The van der Waals surface area contributed by atoms with E-state index in [1.807, 2.05) is 0 Å². The Hall–Kier alpha value is -5.46. The fourth-order valence-electron chi connectivity index (χ4n) is 4.96. The van der Waals surface area contributed by atoms with E-state index in [0.29, 0.717) is 17.9 Å². The minimum Gasteiger partial charge on any atom is -0.466 e. The maximum atomic E-state index is 14.3. The lowest BCUT2D eigenvalue weighted by Crippen LogP contribution is -2.39. The molecule has 258 valence electrons. The molecule has 0 radical (unpaired) electrons. The summed E-state index contributed by atoms with van der Waals surface area (Å²) in [6, 6.07) is 9.67. The van der Waals surface area contributed by atoms with E-state index in [9.17, 15) is 44.7 Å².